The monoisotopic (exact) mass is 448 g/mol. The summed E-state index contributed by atoms with van der Waals surface area (Å²) in [5.41, 5.74) is 3.01. The summed E-state index contributed by atoms with van der Waals surface area (Å²) in [5, 5.41) is 19.7. The number of aromatic hydroxyl groups is 2. The van der Waals surface area contributed by atoms with Crippen LogP contribution in [0.2, 0.25) is 0 Å². The summed E-state index contributed by atoms with van der Waals surface area (Å²) in [7, 11) is 1.69. The Morgan fingerprint density at radius 2 is 1.79 bits per heavy atom. The van der Waals surface area contributed by atoms with E-state index in [1.807, 2.05) is 13.0 Å². The van der Waals surface area contributed by atoms with E-state index in [1.165, 1.54) is 24.3 Å². The first kappa shape index (κ1) is 22.3. The lowest BCUT2D eigenvalue weighted by Crippen LogP contribution is -2.42. The van der Waals surface area contributed by atoms with E-state index in [0.29, 0.717) is 30.6 Å². The number of carbonyl (C=O) groups excluding carboxylic acids is 2. The molecular formula is C26H25FN2O4. The van der Waals surface area contributed by atoms with Crippen molar-refractivity contribution in [2.75, 3.05) is 11.9 Å². The van der Waals surface area contributed by atoms with Crippen LogP contribution in [0.1, 0.15) is 45.2 Å². The van der Waals surface area contributed by atoms with Crippen molar-refractivity contribution in [2.24, 2.45) is 0 Å². The number of nitrogens with zero attached hydrogens (tertiary/aromatic N) is 2. The molecule has 0 fully saturated rings. The Hall–Kier alpha value is -3.87. The van der Waals surface area contributed by atoms with Gasteiger partial charge in [0, 0.05) is 37.0 Å². The predicted octanol–water partition coefficient (Wildman–Crippen LogP) is 4.49. The second-order valence-corrected chi connectivity index (χ2v) is 8.40. The van der Waals surface area contributed by atoms with Gasteiger partial charge in [-0.15, -0.1) is 0 Å². The minimum Gasteiger partial charge on any atom is -0.508 e. The van der Waals surface area contributed by atoms with Crippen molar-refractivity contribution in [3.63, 3.8) is 0 Å². The molecule has 4 rings (SSSR count). The van der Waals surface area contributed by atoms with Crippen molar-refractivity contribution in [3.8, 4) is 11.5 Å². The van der Waals surface area contributed by atoms with Crippen LogP contribution in [-0.4, -0.2) is 40.0 Å². The molecule has 0 aromatic heterocycles. The third-order valence-electron chi connectivity index (χ3n) is 5.97. The van der Waals surface area contributed by atoms with Crippen LogP contribution in [0, 0.1) is 5.82 Å². The first-order chi connectivity index (χ1) is 15.7. The average molecular weight is 448 g/mol. The van der Waals surface area contributed by atoms with E-state index in [4.69, 9.17) is 0 Å². The Morgan fingerprint density at radius 1 is 1.06 bits per heavy atom. The van der Waals surface area contributed by atoms with Crippen LogP contribution in [-0.2, 0) is 13.0 Å². The van der Waals surface area contributed by atoms with Crippen LogP contribution in [0.15, 0.2) is 60.7 Å². The van der Waals surface area contributed by atoms with Gasteiger partial charge in [0.25, 0.3) is 11.8 Å². The fourth-order valence-electron chi connectivity index (χ4n) is 4.18. The van der Waals surface area contributed by atoms with Crippen molar-refractivity contribution in [3.05, 3.63) is 88.7 Å². The minimum absolute atomic E-state index is 0.0964. The van der Waals surface area contributed by atoms with Crippen molar-refractivity contribution in [1.29, 1.82) is 0 Å². The molecule has 1 aliphatic heterocycles. The maximum atomic E-state index is 13.2. The lowest BCUT2D eigenvalue weighted by atomic mass is 9.93. The van der Waals surface area contributed by atoms with Gasteiger partial charge in [-0.25, -0.2) is 4.39 Å². The van der Waals surface area contributed by atoms with Crippen molar-refractivity contribution >= 4 is 17.5 Å². The summed E-state index contributed by atoms with van der Waals surface area (Å²) in [5.74, 6) is -1.27. The lowest BCUT2D eigenvalue weighted by molar-refractivity contribution is 0.0785. The zero-order chi connectivity index (χ0) is 23.7. The highest BCUT2D eigenvalue weighted by molar-refractivity contribution is 6.09. The van der Waals surface area contributed by atoms with E-state index in [-0.39, 0.29) is 40.7 Å². The number of hydrogen-bond donors (Lipinski definition) is 2. The lowest BCUT2D eigenvalue weighted by Gasteiger charge is -2.36. The number of halogens is 1. The summed E-state index contributed by atoms with van der Waals surface area (Å²) in [6.07, 6.45) is 1.42. The van der Waals surface area contributed by atoms with Crippen molar-refractivity contribution < 1.29 is 24.2 Å². The van der Waals surface area contributed by atoms with E-state index >= 15 is 0 Å². The summed E-state index contributed by atoms with van der Waals surface area (Å²) in [4.78, 5) is 29.4. The molecule has 2 N–H and O–H groups in total. The number of amides is 2. The number of aryl methyl sites for hydroxylation is 1. The highest BCUT2D eigenvalue weighted by Gasteiger charge is 2.31. The predicted molar refractivity (Wildman–Crippen MR) is 123 cm³/mol. The van der Waals surface area contributed by atoms with Gasteiger partial charge in [-0.3, -0.25) is 9.59 Å². The van der Waals surface area contributed by atoms with Gasteiger partial charge in [0.05, 0.1) is 5.56 Å². The quantitative estimate of drug-likeness (QED) is 0.616. The number of fused-ring (bicyclic) bond motifs is 1. The molecule has 0 radical (unpaired) electrons. The fourth-order valence-corrected chi connectivity index (χ4v) is 4.18. The Morgan fingerprint density at radius 3 is 2.48 bits per heavy atom. The molecule has 170 valence electrons. The maximum Gasteiger partial charge on any atom is 0.262 e. The Bertz CT molecular complexity index is 1210. The first-order valence-electron chi connectivity index (χ1n) is 10.7. The average Bonchev–Trinajstić information content (AvgIpc) is 2.79. The molecule has 1 unspecified atom stereocenters. The van der Waals surface area contributed by atoms with E-state index in [1.54, 1.807) is 41.1 Å². The second-order valence-electron chi connectivity index (χ2n) is 8.40. The number of benzene rings is 3. The Labute approximate surface area is 191 Å². The van der Waals surface area contributed by atoms with Crippen LogP contribution in [0.5, 0.6) is 11.5 Å². The molecule has 7 heteroatoms. The van der Waals surface area contributed by atoms with Crippen LogP contribution in [0.25, 0.3) is 0 Å². The summed E-state index contributed by atoms with van der Waals surface area (Å²) in [6.45, 7) is 2.28. The molecule has 1 atom stereocenters. The third kappa shape index (κ3) is 4.53. The van der Waals surface area contributed by atoms with Crippen LogP contribution in [0.4, 0.5) is 10.1 Å². The first-order valence-corrected chi connectivity index (χ1v) is 10.7. The van der Waals surface area contributed by atoms with Crippen molar-refractivity contribution in [2.45, 2.75) is 32.4 Å². The van der Waals surface area contributed by atoms with Gasteiger partial charge in [-0.2, -0.15) is 0 Å². The topological polar surface area (TPSA) is 81.1 Å². The Balaban J connectivity index is 1.59. The van der Waals surface area contributed by atoms with Gasteiger partial charge in [0.2, 0.25) is 0 Å². The number of hydrogen-bond acceptors (Lipinski definition) is 4. The molecule has 0 bridgehead atoms. The molecule has 0 aliphatic carbocycles. The molecule has 3 aromatic carbocycles. The maximum absolute atomic E-state index is 13.2. The van der Waals surface area contributed by atoms with E-state index in [9.17, 15) is 24.2 Å². The molecule has 3 aromatic rings. The number of phenolic OH excluding ortho intramolecular Hbond substituents is 2. The number of rotatable bonds is 4. The zero-order valence-electron chi connectivity index (χ0n) is 18.5. The van der Waals surface area contributed by atoms with E-state index in [2.05, 4.69) is 0 Å². The van der Waals surface area contributed by atoms with E-state index < -0.39 is 0 Å². The molecule has 6 nitrogen and oxygen atoms in total. The molecule has 33 heavy (non-hydrogen) atoms. The summed E-state index contributed by atoms with van der Waals surface area (Å²) < 4.78 is 13.1. The molecule has 0 saturated heterocycles. The molecular weight excluding hydrogens is 423 g/mol. The van der Waals surface area contributed by atoms with Gasteiger partial charge in [-0.05, 0) is 73.4 Å². The molecule has 1 heterocycles. The van der Waals surface area contributed by atoms with Gasteiger partial charge in [-0.1, -0.05) is 12.1 Å². The number of phenols is 2. The van der Waals surface area contributed by atoms with E-state index in [0.717, 1.165) is 17.2 Å². The van der Waals surface area contributed by atoms with Crippen LogP contribution in [0.3, 0.4) is 0 Å². The second kappa shape index (κ2) is 8.94. The Kier molecular flexibility index (Phi) is 6.05. The highest BCUT2D eigenvalue weighted by Crippen LogP contribution is 2.35. The highest BCUT2D eigenvalue weighted by atomic mass is 19.1. The fraction of sp³-hybridized carbons (Fsp3) is 0.231. The third-order valence-corrected chi connectivity index (χ3v) is 5.97. The zero-order valence-corrected chi connectivity index (χ0v) is 18.5. The standard InChI is InChI=1S/C26H25FN2O4/c1-16-3-6-18-13-19(25(32)28(2)15-17-4-8-20(27)9-5-17)7-12-23(18)29(16)26(33)22-11-10-21(30)14-24(22)31/h4-5,7-14,16,30-31H,3,6,15H2,1-2H3. The smallest absolute Gasteiger partial charge is 0.262 e. The normalized spacial score (nSPS) is 15.1. The van der Waals surface area contributed by atoms with Crippen LogP contribution >= 0.6 is 0 Å². The van der Waals surface area contributed by atoms with Crippen LogP contribution < -0.4 is 4.90 Å². The largest absolute Gasteiger partial charge is 0.508 e. The van der Waals surface area contributed by atoms with Gasteiger partial charge in [0.15, 0.2) is 0 Å². The van der Waals surface area contributed by atoms with Gasteiger partial charge >= 0.3 is 0 Å². The SMILES string of the molecule is CC1CCc2cc(C(=O)N(C)Cc3ccc(F)cc3)ccc2N1C(=O)c1ccc(O)cc1O. The molecule has 2 amide bonds. The number of anilines is 1. The summed E-state index contributed by atoms with van der Waals surface area (Å²) in [6, 6.07) is 15.1. The summed E-state index contributed by atoms with van der Waals surface area (Å²) >= 11 is 0. The molecule has 1 aliphatic rings. The van der Waals surface area contributed by atoms with Gasteiger partial charge < -0.3 is 20.0 Å². The molecule has 0 spiro atoms. The molecule has 0 saturated carbocycles. The van der Waals surface area contributed by atoms with Gasteiger partial charge in [0.1, 0.15) is 17.3 Å². The number of carbonyl (C=O) groups is 2. The van der Waals surface area contributed by atoms with Crippen molar-refractivity contribution in [1.82, 2.24) is 4.90 Å². The minimum atomic E-state index is -0.367.